The first-order valence-electron chi connectivity index (χ1n) is 9.02. The summed E-state index contributed by atoms with van der Waals surface area (Å²) >= 11 is 0. The fraction of sp³-hybridized carbons (Fsp3) is 0.381. The van der Waals surface area contributed by atoms with E-state index in [1.807, 2.05) is 18.2 Å². The highest BCUT2D eigenvalue weighted by Crippen LogP contribution is 2.30. The summed E-state index contributed by atoms with van der Waals surface area (Å²) in [7, 11) is 0. The van der Waals surface area contributed by atoms with Crippen LogP contribution in [0.3, 0.4) is 0 Å². The maximum absolute atomic E-state index is 13.3. The van der Waals surface area contributed by atoms with Crippen LogP contribution in [0.25, 0.3) is 22.4 Å². The topological polar surface area (TPSA) is 17.8 Å². The van der Waals surface area contributed by atoms with Gasteiger partial charge in [0.15, 0.2) is 0 Å². The second-order valence-electron chi connectivity index (χ2n) is 6.88. The molecule has 3 aromatic rings. The average molecular weight is 322 g/mol. The molecule has 0 amide bonds. The number of para-hydroxylation sites is 2. The average Bonchev–Trinajstić information content (AvgIpc) is 3.00. The maximum atomic E-state index is 13.3. The zero-order valence-corrected chi connectivity index (χ0v) is 13.9. The van der Waals surface area contributed by atoms with Crippen LogP contribution < -0.4 is 0 Å². The normalized spacial score (nSPS) is 15.9. The highest BCUT2D eigenvalue weighted by molar-refractivity contribution is 5.80. The molecule has 3 heteroatoms. The summed E-state index contributed by atoms with van der Waals surface area (Å²) in [6.07, 6.45) is 8.07. The van der Waals surface area contributed by atoms with E-state index >= 15 is 0 Å². The lowest BCUT2D eigenvalue weighted by Gasteiger charge is -2.22. The Hall–Kier alpha value is -2.16. The van der Waals surface area contributed by atoms with E-state index in [4.69, 9.17) is 4.98 Å². The molecule has 1 fully saturated rings. The molecule has 1 aliphatic rings. The first kappa shape index (κ1) is 15.4. The van der Waals surface area contributed by atoms with Crippen molar-refractivity contribution in [3.05, 3.63) is 54.3 Å². The molecular weight excluding hydrogens is 299 g/mol. The summed E-state index contributed by atoms with van der Waals surface area (Å²) in [4.78, 5) is 4.82. The molecular formula is C21H23FN2. The summed E-state index contributed by atoms with van der Waals surface area (Å²) < 4.78 is 15.6. The van der Waals surface area contributed by atoms with Crippen molar-refractivity contribution in [2.45, 2.75) is 45.1 Å². The number of rotatable bonds is 4. The largest absolute Gasteiger partial charge is 0.324 e. The monoisotopic (exact) mass is 322 g/mol. The molecule has 1 aliphatic carbocycles. The number of benzene rings is 2. The van der Waals surface area contributed by atoms with Crippen molar-refractivity contribution < 1.29 is 4.39 Å². The van der Waals surface area contributed by atoms with Crippen LogP contribution in [0, 0.1) is 11.7 Å². The Morgan fingerprint density at radius 2 is 1.71 bits per heavy atom. The van der Waals surface area contributed by atoms with E-state index in [1.165, 1.54) is 56.2 Å². The third-order valence-corrected chi connectivity index (χ3v) is 5.24. The van der Waals surface area contributed by atoms with Gasteiger partial charge in [-0.05, 0) is 48.7 Å². The molecule has 1 saturated carbocycles. The third kappa shape index (κ3) is 3.08. The quantitative estimate of drug-likeness (QED) is 0.592. The van der Waals surface area contributed by atoms with Gasteiger partial charge in [0, 0.05) is 12.1 Å². The Morgan fingerprint density at radius 3 is 2.50 bits per heavy atom. The molecule has 0 unspecified atom stereocenters. The van der Waals surface area contributed by atoms with Crippen molar-refractivity contribution in [3.8, 4) is 11.4 Å². The van der Waals surface area contributed by atoms with Gasteiger partial charge in [0.1, 0.15) is 11.6 Å². The minimum absolute atomic E-state index is 0.205. The van der Waals surface area contributed by atoms with E-state index in [0.717, 1.165) is 29.4 Å². The van der Waals surface area contributed by atoms with Gasteiger partial charge in [-0.3, -0.25) is 0 Å². The van der Waals surface area contributed by atoms with E-state index in [1.54, 1.807) is 0 Å². The number of hydrogen-bond acceptors (Lipinski definition) is 1. The molecule has 1 heterocycles. The molecule has 0 atom stereocenters. The molecule has 0 aliphatic heterocycles. The van der Waals surface area contributed by atoms with Gasteiger partial charge in [-0.15, -0.1) is 0 Å². The molecule has 0 radical (unpaired) electrons. The third-order valence-electron chi connectivity index (χ3n) is 5.24. The summed E-state index contributed by atoms with van der Waals surface area (Å²) in [5.41, 5.74) is 3.17. The summed E-state index contributed by atoms with van der Waals surface area (Å²) in [5, 5.41) is 0. The van der Waals surface area contributed by atoms with E-state index in [9.17, 15) is 4.39 Å². The van der Waals surface area contributed by atoms with Crippen LogP contribution in [0.1, 0.15) is 38.5 Å². The van der Waals surface area contributed by atoms with E-state index in [2.05, 4.69) is 22.8 Å². The predicted molar refractivity (Wildman–Crippen MR) is 96.3 cm³/mol. The number of imidazole rings is 1. The molecule has 0 N–H and O–H groups in total. The number of aromatic nitrogens is 2. The van der Waals surface area contributed by atoms with Crippen LogP contribution in [0.5, 0.6) is 0 Å². The number of halogens is 1. The lowest BCUT2D eigenvalue weighted by Crippen LogP contribution is -2.10. The molecule has 4 rings (SSSR count). The van der Waals surface area contributed by atoms with Crippen molar-refractivity contribution in [2.75, 3.05) is 0 Å². The van der Waals surface area contributed by atoms with Crippen LogP contribution in [0.15, 0.2) is 48.5 Å². The van der Waals surface area contributed by atoms with Crippen LogP contribution in [0.2, 0.25) is 0 Å². The predicted octanol–water partition coefficient (Wildman–Crippen LogP) is 5.81. The lowest BCUT2D eigenvalue weighted by molar-refractivity contribution is 0.326. The summed E-state index contributed by atoms with van der Waals surface area (Å²) in [5.74, 6) is 1.58. The van der Waals surface area contributed by atoms with Gasteiger partial charge in [0.05, 0.1) is 11.0 Å². The Kier molecular flexibility index (Phi) is 4.33. The number of aryl methyl sites for hydroxylation is 1. The molecule has 0 saturated heterocycles. The van der Waals surface area contributed by atoms with Gasteiger partial charge >= 0.3 is 0 Å². The van der Waals surface area contributed by atoms with Crippen LogP contribution in [0.4, 0.5) is 4.39 Å². The zero-order valence-electron chi connectivity index (χ0n) is 13.9. The number of fused-ring (bicyclic) bond motifs is 1. The fourth-order valence-electron chi connectivity index (χ4n) is 3.91. The highest BCUT2D eigenvalue weighted by atomic mass is 19.1. The maximum Gasteiger partial charge on any atom is 0.141 e. The Bertz CT molecular complexity index is 813. The van der Waals surface area contributed by atoms with Gasteiger partial charge in [-0.2, -0.15) is 0 Å². The lowest BCUT2D eigenvalue weighted by atomic mass is 9.87. The minimum atomic E-state index is -0.205. The first-order valence-corrected chi connectivity index (χ1v) is 9.02. The molecule has 1 aromatic heterocycles. The van der Waals surface area contributed by atoms with Crippen molar-refractivity contribution >= 4 is 11.0 Å². The van der Waals surface area contributed by atoms with Crippen molar-refractivity contribution in [3.63, 3.8) is 0 Å². The standard InChI is InChI=1S/C21H23FN2/c22-18-12-10-17(11-13-18)21-23-19-8-4-5-9-20(19)24(21)15-14-16-6-2-1-3-7-16/h4-5,8-13,16H,1-3,6-7,14-15H2. The van der Waals surface area contributed by atoms with E-state index in [0.29, 0.717) is 0 Å². The van der Waals surface area contributed by atoms with Crippen molar-refractivity contribution in [1.82, 2.24) is 9.55 Å². The van der Waals surface area contributed by atoms with Crippen molar-refractivity contribution in [2.24, 2.45) is 5.92 Å². The van der Waals surface area contributed by atoms with Crippen LogP contribution >= 0.6 is 0 Å². The second-order valence-corrected chi connectivity index (χ2v) is 6.88. The van der Waals surface area contributed by atoms with Gasteiger partial charge in [0.25, 0.3) is 0 Å². The summed E-state index contributed by atoms with van der Waals surface area (Å²) in [6.45, 7) is 0.984. The molecule has 2 nitrogen and oxygen atoms in total. The fourth-order valence-corrected chi connectivity index (χ4v) is 3.91. The first-order chi connectivity index (χ1) is 11.8. The van der Waals surface area contributed by atoms with Gasteiger partial charge in [0.2, 0.25) is 0 Å². The molecule has 124 valence electrons. The van der Waals surface area contributed by atoms with Crippen LogP contribution in [-0.2, 0) is 6.54 Å². The Labute approximate surface area is 142 Å². The van der Waals surface area contributed by atoms with Crippen molar-refractivity contribution in [1.29, 1.82) is 0 Å². The smallest absolute Gasteiger partial charge is 0.141 e. The van der Waals surface area contributed by atoms with Gasteiger partial charge < -0.3 is 4.57 Å². The van der Waals surface area contributed by atoms with Gasteiger partial charge in [-0.25, -0.2) is 9.37 Å². The number of hydrogen-bond donors (Lipinski definition) is 0. The molecule has 0 spiro atoms. The molecule has 0 bridgehead atoms. The van der Waals surface area contributed by atoms with Crippen LogP contribution in [-0.4, -0.2) is 9.55 Å². The Morgan fingerprint density at radius 1 is 0.958 bits per heavy atom. The number of nitrogens with zero attached hydrogens (tertiary/aromatic N) is 2. The molecule has 24 heavy (non-hydrogen) atoms. The highest BCUT2D eigenvalue weighted by Gasteiger charge is 2.16. The van der Waals surface area contributed by atoms with E-state index < -0.39 is 0 Å². The minimum Gasteiger partial charge on any atom is -0.324 e. The molecule has 2 aromatic carbocycles. The second kappa shape index (κ2) is 6.76. The van der Waals surface area contributed by atoms with Gasteiger partial charge in [-0.1, -0.05) is 44.2 Å². The Balaban J connectivity index is 1.68. The zero-order chi connectivity index (χ0) is 16.4. The van der Waals surface area contributed by atoms with E-state index in [-0.39, 0.29) is 5.82 Å². The summed E-state index contributed by atoms with van der Waals surface area (Å²) in [6, 6.07) is 15.0. The SMILES string of the molecule is Fc1ccc(-c2nc3ccccc3n2CCC2CCCCC2)cc1.